The van der Waals surface area contributed by atoms with Gasteiger partial charge in [0, 0.05) is 5.92 Å². The summed E-state index contributed by atoms with van der Waals surface area (Å²) in [6.07, 6.45) is 2.04. The molecular formula is C22H25N3O3S. The molecule has 1 saturated heterocycles. The SMILES string of the molecule is COc1cccc(OC)c1NC(=O)CN1CCC(c2nc3ccccc3s2)CC1. The van der Waals surface area contributed by atoms with Gasteiger partial charge in [0.25, 0.3) is 0 Å². The molecule has 1 aromatic heterocycles. The molecule has 0 atom stereocenters. The zero-order valence-electron chi connectivity index (χ0n) is 16.7. The summed E-state index contributed by atoms with van der Waals surface area (Å²) in [4.78, 5) is 19.6. The fourth-order valence-electron chi connectivity index (χ4n) is 3.76. The third-order valence-corrected chi connectivity index (χ3v) is 6.51. The molecule has 152 valence electrons. The van der Waals surface area contributed by atoms with E-state index in [0.29, 0.717) is 29.6 Å². The van der Waals surface area contributed by atoms with E-state index in [4.69, 9.17) is 14.5 Å². The predicted molar refractivity (Wildman–Crippen MR) is 116 cm³/mol. The van der Waals surface area contributed by atoms with E-state index in [2.05, 4.69) is 28.4 Å². The molecule has 1 aliphatic heterocycles. The maximum atomic E-state index is 12.6. The average Bonchev–Trinajstić information content (AvgIpc) is 3.18. The number of thiazole rings is 1. The lowest BCUT2D eigenvalue weighted by molar-refractivity contribution is -0.117. The number of anilines is 1. The molecule has 3 aromatic rings. The van der Waals surface area contributed by atoms with Crippen LogP contribution < -0.4 is 14.8 Å². The summed E-state index contributed by atoms with van der Waals surface area (Å²) < 4.78 is 12.0. The zero-order chi connectivity index (χ0) is 20.2. The van der Waals surface area contributed by atoms with Crippen molar-refractivity contribution in [1.29, 1.82) is 0 Å². The van der Waals surface area contributed by atoms with E-state index in [1.165, 1.54) is 9.71 Å². The van der Waals surface area contributed by atoms with Crippen molar-refractivity contribution in [3.63, 3.8) is 0 Å². The highest BCUT2D eigenvalue weighted by molar-refractivity contribution is 7.18. The molecule has 0 spiro atoms. The van der Waals surface area contributed by atoms with Crippen LogP contribution in [0.4, 0.5) is 5.69 Å². The standard InChI is InChI=1S/C22H25N3O3S/c1-27-17-7-5-8-18(28-2)21(17)24-20(26)14-25-12-10-15(11-13-25)22-23-16-6-3-4-9-19(16)29-22/h3-9,15H,10-14H2,1-2H3,(H,24,26). The van der Waals surface area contributed by atoms with Crippen LogP contribution in [0.3, 0.4) is 0 Å². The second kappa shape index (κ2) is 8.80. The van der Waals surface area contributed by atoms with Gasteiger partial charge in [0.05, 0.1) is 36.0 Å². The molecule has 1 amide bonds. The Kier molecular flexibility index (Phi) is 5.97. The molecule has 0 bridgehead atoms. The van der Waals surface area contributed by atoms with Gasteiger partial charge in [-0.2, -0.15) is 0 Å². The average molecular weight is 412 g/mol. The Balaban J connectivity index is 1.34. The number of benzene rings is 2. The lowest BCUT2D eigenvalue weighted by Gasteiger charge is -2.30. The molecule has 1 fully saturated rings. The fraction of sp³-hybridized carbons (Fsp3) is 0.364. The van der Waals surface area contributed by atoms with Gasteiger partial charge in [-0.15, -0.1) is 11.3 Å². The van der Waals surface area contributed by atoms with Crippen molar-refractivity contribution in [3.8, 4) is 11.5 Å². The number of nitrogens with zero attached hydrogens (tertiary/aromatic N) is 2. The number of amides is 1. The molecule has 6 nitrogen and oxygen atoms in total. The molecule has 4 rings (SSSR count). The normalized spacial score (nSPS) is 15.4. The first kappa shape index (κ1) is 19.7. The van der Waals surface area contributed by atoms with E-state index >= 15 is 0 Å². The number of carbonyl (C=O) groups excluding carboxylic acids is 1. The smallest absolute Gasteiger partial charge is 0.238 e. The topological polar surface area (TPSA) is 63.7 Å². The van der Waals surface area contributed by atoms with Crippen LogP contribution in [0.25, 0.3) is 10.2 Å². The largest absolute Gasteiger partial charge is 0.494 e. The van der Waals surface area contributed by atoms with Gasteiger partial charge in [0.2, 0.25) is 5.91 Å². The number of carbonyl (C=O) groups is 1. The molecule has 2 heterocycles. The number of aromatic nitrogens is 1. The molecule has 0 saturated carbocycles. The van der Waals surface area contributed by atoms with E-state index in [1.807, 2.05) is 24.3 Å². The zero-order valence-corrected chi connectivity index (χ0v) is 17.5. The van der Waals surface area contributed by atoms with Crippen LogP contribution in [0.2, 0.25) is 0 Å². The van der Waals surface area contributed by atoms with Crippen molar-refractivity contribution in [1.82, 2.24) is 9.88 Å². The van der Waals surface area contributed by atoms with E-state index in [9.17, 15) is 4.79 Å². The van der Waals surface area contributed by atoms with Crippen molar-refractivity contribution < 1.29 is 14.3 Å². The van der Waals surface area contributed by atoms with Crippen LogP contribution in [0.15, 0.2) is 42.5 Å². The number of para-hydroxylation sites is 2. The number of methoxy groups -OCH3 is 2. The molecule has 0 radical (unpaired) electrons. The van der Waals surface area contributed by atoms with Crippen molar-refractivity contribution in [2.45, 2.75) is 18.8 Å². The third-order valence-electron chi connectivity index (χ3n) is 5.31. The Bertz CT molecular complexity index is 941. The summed E-state index contributed by atoms with van der Waals surface area (Å²) in [6.45, 7) is 2.13. The van der Waals surface area contributed by atoms with Crippen LogP contribution >= 0.6 is 11.3 Å². The minimum atomic E-state index is -0.0637. The third kappa shape index (κ3) is 4.36. The number of hydrogen-bond donors (Lipinski definition) is 1. The highest BCUT2D eigenvalue weighted by Crippen LogP contribution is 2.35. The predicted octanol–water partition coefficient (Wildman–Crippen LogP) is 4.13. The molecule has 2 aromatic carbocycles. The highest BCUT2D eigenvalue weighted by Gasteiger charge is 2.25. The molecule has 7 heteroatoms. The minimum absolute atomic E-state index is 0.0637. The molecule has 29 heavy (non-hydrogen) atoms. The Morgan fingerprint density at radius 2 is 1.79 bits per heavy atom. The number of fused-ring (bicyclic) bond motifs is 1. The molecule has 1 aliphatic rings. The van der Waals surface area contributed by atoms with E-state index in [1.54, 1.807) is 25.6 Å². The van der Waals surface area contributed by atoms with Gasteiger partial charge in [-0.05, 0) is 50.2 Å². The van der Waals surface area contributed by atoms with Gasteiger partial charge in [-0.1, -0.05) is 18.2 Å². The van der Waals surface area contributed by atoms with Gasteiger partial charge in [0.1, 0.15) is 17.2 Å². The number of piperidine rings is 1. The quantitative estimate of drug-likeness (QED) is 0.661. The van der Waals surface area contributed by atoms with Gasteiger partial charge in [-0.25, -0.2) is 4.98 Å². The maximum absolute atomic E-state index is 12.6. The lowest BCUT2D eigenvalue weighted by atomic mass is 9.97. The maximum Gasteiger partial charge on any atom is 0.238 e. The van der Waals surface area contributed by atoms with Crippen molar-refractivity contribution in [2.75, 3.05) is 39.2 Å². The number of hydrogen-bond acceptors (Lipinski definition) is 6. The Morgan fingerprint density at radius 3 is 2.45 bits per heavy atom. The van der Waals surface area contributed by atoms with Crippen LogP contribution in [0.5, 0.6) is 11.5 Å². The van der Waals surface area contributed by atoms with Crippen LogP contribution in [-0.4, -0.2) is 49.6 Å². The van der Waals surface area contributed by atoms with Gasteiger partial charge in [-0.3, -0.25) is 9.69 Å². The van der Waals surface area contributed by atoms with Gasteiger partial charge >= 0.3 is 0 Å². The fourth-order valence-corrected chi connectivity index (χ4v) is 4.90. The first-order chi connectivity index (χ1) is 14.2. The summed E-state index contributed by atoms with van der Waals surface area (Å²) in [7, 11) is 3.16. The van der Waals surface area contributed by atoms with Crippen LogP contribution in [0, 0.1) is 0 Å². The summed E-state index contributed by atoms with van der Waals surface area (Å²) in [5.74, 6) is 1.59. The summed E-state index contributed by atoms with van der Waals surface area (Å²) in [6, 6.07) is 13.7. The van der Waals surface area contributed by atoms with Crippen LogP contribution in [0.1, 0.15) is 23.8 Å². The van der Waals surface area contributed by atoms with E-state index in [0.717, 1.165) is 31.4 Å². The second-order valence-electron chi connectivity index (χ2n) is 7.16. The molecule has 0 aliphatic carbocycles. The van der Waals surface area contributed by atoms with E-state index < -0.39 is 0 Å². The van der Waals surface area contributed by atoms with Gasteiger partial charge < -0.3 is 14.8 Å². The van der Waals surface area contributed by atoms with Crippen molar-refractivity contribution in [2.24, 2.45) is 0 Å². The number of likely N-dealkylation sites (tertiary alicyclic amines) is 1. The second-order valence-corrected chi connectivity index (χ2v) is 8.22. The molecule has 1 N–H and O–H groups in total. The van der Waals surface area contributed by atoms with E-state index in [-0.39, 0.29) is 5.91 Å². The summed E-state index contributed by atoms with van der Waals surface area (Å²) >= 11 is 1.79. The lowest BCUT2D eigenvalue weighted by Crippen LogP contribution is -2.38. The minimum Gasteiger partial charge on any atom is -0.494 e. The molecule has 0 unspecified atom stereocenters. The Morgan fingerprint density at radius 1 is 1.10 bits per heavy atom. The number of rotatable bonds is 6. The highest BCUT2D eigenvalue weighted by atomic mass is 32.1. The number of ether oxygens (including phenoxy) is 2. The van der Waals surface area contributed by atoms with Crippen molar-refractivity contribution >= 4 is 33.1 Å². The summed E-state index contributed by atoms with van der Waals surface area (Å²) in [5.41, 5.74) is 1.66. The first-order valence-corrected chi connectivity index (χ1v) is 10.6. The van der Waals surface area contributed by atoms with Crippen molar-refractivity contribution in [3.05, 3.63) is 47.5 Å². The molecular weight excluding hydrogens is 386 g/mol. The Hall–Kier alpha value is -2.64. The number of nitrogens with one attached hydrogen (secondary N) is 1. The van der Waals surface area contributed by atoms with Gasteiger partial charge in [0.15, 0.2) is 0 Å². The van der Waals surface area contributed by atoms with Crippen LogP contribution in [-0.2, 0) is 4.79 Å². The Labute approximate surface area is 174 Å². The monoisotopic (exact) mass is 411 g/mol. The first-order valence-electron chi connectivity index (χ1n) is 9.76. The summed E-state index contributed by atoms with van der Waals surface area (Å²) in [5, 5.41) is 4.16.